The average molecular weight is 407 g/mol. The van der Waals surface area contributed by atoms with Crippen molar-refractivity contribution >= 4 is 23.2 Å². The molecule has 2 aliphatic rings. The number of fused-ring (bicyclic) bond motifs is 2. The zero-order chi connectivity index (χ0) is 20.0. The zero-order valence-corrected chi connectivity index (χ0v) is 17.3. The molecule has 2 unspecified atom stereocenters. The van der Waals surface area contributed by atoms with E-state index in [4.69, 9.17) is 0 Å². The third-order valence-corrected chi connectivity index (χ3v) is 6.42. The third kappa shape index (κ3) is 3.27. The molecule has 2 fully saturated rings. The highest BCUT2D eigenvalue weighted by atomic mass is 32.1. The fourth-order valence-corrected chi connectivity index (χ4v) is 5.12. The number of rotatable bonds is 3. The van der Waals surface area contributed by atoms with Gasteiger partial charge in [0.05, 0.1) is 5.56 Å². The lowest BCUT2D eigenvalue weighted by atomic mass is 10.1. The van der Waals surface area contributed by atoms with Crippen LogP contribution in [0.1, 0.15) is 34.6 Å². The summed E-state index contributed by atoms with van der Waals surface area (Å²) in [6.45, 7) is 5.36. The minimum absolute atomic E-state index is 0.0289. The van der Waals surface area contributed by atoms with Crippen LogP contribution in [0.2, 0.25) is 0 Å². The van der Waals surface area contributed by atoms with E-state index in [9.17, 15) is 4.79 Å². The maximum absolute atomic E-state index is 13.4. The van der Waals surface area contributed by atoms with Gasteiger partial charge in [0.25, 0.3) is 5.91 Å². The van der Waals surface area contributed by atoms with E-state index < -0.39 is 0 Å². The van der Waals surface area contributed by atoms with Gasteiger partial charge in [-0.15, -0.1) is 11.3 Å². The second-order valence-electron chi connectivity index (χ2n) is 7.69. The molecule has 3 aromatic rings. The monoisotopic (exact) mass is 406 g/mol. The Morgan fingerprint density at radius 2 is 1.79 bits per heavy atom. The number of pyridine rings is 1. The summed E-state index contributed by atoms with van der Waals surface area (Å²) in [4.78, 5) is 35.8. The Hall–Kier alpha value is -2.87. The van der Waals surface area contributed by atoms with Crippen molar-refractivity contribution < 1.29 is 4.79 Å². The molecule has 0 radical (unpaired) electrons. The number of aryl methyl sites for hydroxylation is 2. The Labute approximate surface area is 173 Å². The summed E-state index contributed by atoms with van der Waals surface area (Å²) in [7, 11) is 0. The number of amides is 1. The first kappa shape index (κ1) is 18.2. The molecule has 0 spiro atoms. The number of piperazine rings is 1. The molecule has 2 saturated heterocycles. The van der Waals surface area contributed by atoms with E-state index in [-0.39, 0.29) is 18.0 Å². The maximum Gasteiger partial charge on any atom is 0.256 e. The van der Waals surface area contributed by atoms with Gasteiger partial charge in [-0.1, -0.05) is 0 Å². The van der Waals surface area contributed by atoms with Crippen LogP contribution in [-0.2, 0) is 0 Å². The van der Waals surface area contributed by atoms with Crippen molar-refractivity contribution in [2.24, 2.45) is 0 Å². The molecule has 0 saturated carbocycles. The Kier molecular flexibility index (Phi) is 4.50. The second kappa shape index (κ2) is 7.18. The van der Waals surface area contributed by atoms with Crippen molar-refractivity contribution in [3.63, 3.8) is 0 Å². The van der Waals surface area contributed by atoms with Gasteiger partial charge < -0.3 is 9.80 Å². The molecule has 2 bridgehead atoms. The molecule has 0 N–H and O–H groups in total. The number of likely N-dealkylation sites (tertiary alicyclic amines) is 1. The van der Waals surface area contributed by atoms with Crippen molar-refractivity contribution in [3.8, 4) is 10.7 Å². The molecule has 0 aromatic carbocycles. The number of hydrogen-bond donors (Lipinski definition) is 0. The first-order valence-electron chi connectivity index (χ1n) is 9.85. The predicted molar refractivity (Wildman–Crippen MR) is 112 cm³/mol. The normalized spacial score (nSPS) is 20.9. The summed E-state index contributed by atoms with van der Waals surface area (Å²) in [5, 5.41) is 2.68. The van der Waals surface area contributed by atoms with Gasteiger partial charge in [0, 0.05) is 54.3 Å². The van der Waals surface area contributed by atoms with Crippen molar-refractivity contribution in [1.82, 2.24) is 24.8 Å². The summed E-state index contributed by atoms with van der Waals surface area (Å²) in [5.74, 6) is 0.827. The molecule has 5 heterocycles. The summed E-state index contributed by atoms with van der Waals surface area (Å²) in [6.07, 6.45) is 5.56. The van der Waals surface area contributed by atoms with E-state index >= 15 is 0 Å². The molecule has 3 aromatic heterocycles. The molecule has 7 nitrogen and oxygen atoms in total. The lowest BCUT2D eigenvalue weighted by molar-refractivity contribution is 0.0717. The van der Waals surface area contributed by atoms with Crippen LogP contribution in [0.4, 0.5) is 5.95 Å². The number of carbonyl (C=O) groups excluding carboxylic acids is 1. The van der Waals surface area contributed by atoms with E-state index in [1.165, 1.54) is 11.3 Å². The molecule has 0 aliphatic carbocycles. The second-order valence-corrected chi connectivity index (χ2v) is 8.58. The van der Waals surface area contributed by atoms with Gasteiger partial charge in [0.2, 0.25) is 5.95 Å². The fraction of sp³-hybridized carbons (Fsp3) is 0.381. The average Bonchev–Trinajstić information content (AvgIpc) is 3.33. The Balaban J connectivity index is 1.41. The molecule has 5 rings (SSSR count). The lowest BCUT2D eigenvalue weighted by Crippen LogP contribution is -2.56. The molecular weight excluding hydrogens is 384 g/mol. The number of aromatic nitrogens is 4. The minimum atomic E-state index is 0.0289. The molecule has 2 aliphatic heterocycles. The molecule has 148 valence electrons. The van der Waals surface area contributed by atoms with Crippen molar-refractivity contribution in [2.75, 3.05) is 18.0 Å². The van der Waals surface area contributed by atoms with Gasteiger partial charge >= 0.3 is 0 Å². The topological polar surface area (TPSA) is 75.1 Å². The van der Waals surface area contributed by atoms with Gasteiger partial charge in [0.15, 0.2) is 0 Å². The number of carbonyl (C=O) groups is 1. The molecule has 29 heavy (non-hydrogen) atoms. The molecule has 2 atom stereocenters. The van der Waals surface area contributed by atoms with Crippen LogP contribution in [0, 0.1) is 13.8 Å². The summed E-state index contributed by atoms with van der Waals surface area (Å²) in [6, 6.07) is 6.16. The summed E-state index contributed by atoms with van der Waals surface area (Å²) in [5.41, 5.74) is 3.25. The van der Waals surface area contributed by atoms with Gasteiger partial charge in [-0.3, -0.25) is 9.78 Å². The van der Waals surface area contributed by atoms with Gasteiger partial charge in [-0.25, -0.2) is 15.0 Å². The third-order valence-electron chi connectivity index (χ3n) is 5.64. The van der Waals surface area contributed by atoms with Crippen LogP contribution in [-0.4, -0.2) is 55.9 Å². The highest BCUT2D eigenvalue weighted by Gasteiger charge is 2.43. The van der Waals surface area contributed by atoms with Crippen LogP contribution in [0.5, 0.6) is 0 Å². The van der Waals surface area contributed by atoms with E-state index in [2.05, 4.69) is 24.8 Å². The standard InChI is InChI=1S/C21H22N6OS/c1-13-10-14(2)25-21(24-13)27-15-5-6-16(27)12-26(11-15)20(28)17-4-3-7-22-18(17)19-23-8-9-29-19/h3-4,7-10,15-16H,5-6,11-12H2,1-2H3. The number of nitrogens with zero attached hydrogens (tertiary/aromatic N) is 6. The van der Waals surface area contributed by atoms with Gasteiger partial charge in [0.1, 0.15) is 10.7 Å². The van der Waals surface area contributed by atoms with Crippen molar-refractivity contribution in [3.05, 3.63) is 52.9 Å². The summed E-state index contributed by atoms with van der Waals surface area (Å²) >= 11 is 1.50. The smallest absolute Gasteiger partial charge is 0.256 e. The highest BCUT2D eigenvalue weighted by Crippen LogP contribution is 2.34. The molecular formula is C21H22N6OS. The van der Waals surface area contributed by atoms with E-state index in [0.29, 0.717) is 24.3 Å². The van der Waals surface area contributed by atoms with E-state index in [1.54, 1.807) is 12.4 Å². The zero-order valence-electron chi connectivity index (χ0n) is 16.4. The highest BCUT2D eigenvalue weighted by molar-refractivity contribution is 7.13. The van der Waals surface area contributed by atoms with Crippen LogP contribution >= 0.6 is 11.3 Å². The van der Waals surface area contributed by atoms with Gasteiger partial charge in [-0.2, -0.15) is 0 Å². The molecule has 8 heteroatoms. The Morgan fingerprint density at radius 3 is 2.45 bits per heavy atom. The van der Waals surface area contributed by atoms with Gasteiger partial charge in [-0.05, 0) is 44.9 Å². The van der Waals surface area contributed by atoms with Crippen LogP contribution in [0.3, 0.4) is 0 Å². The maximum atomic E-state index is 13.4. The van der Waals surface area contributed by atoms with Crippen molar-refractivity contribution in [2.45, 2.75) is 38.8 Å². The van der Waals surface area contributed by atoms with E-state index in [0.717, 1.165) is 35.2 Å². The Bertz CT molecular complexity index is 1020. The summed E-state index contributed by atoms with van der Waals surface area (Å²) < 4.78 is 0. The first-order valence-corrected chi connectivity index (χ1v) is 10.7. The number of hydrogen-bond acceptors (Lipinski definition) is 7. The predicted octanol–water partition coefficient (Wildman–Crippen LogP) is 3.11. The largest absolute Gasteiger partial charge is 0.334 e. The van der Waals surface area contributed by atoms with Crippen LogP contribution in [0.15, 0.2) is 36.0 Å². The quantitative estimate of drug-likeness (QED) is 0.665. The molecule has 1 amide bonds. The fourth-order valence-electron chi connectivity index (χ4n) is 4.48. The van der Waals surface area contributed by atoms with Crippen LogP contribution in [0.25, 0.3) is 10.7 Å². The lowest BCUT2D eigenvalue weighted by Gasteiger charge is -2.41. The van der Waals surface area contributed by atoms with E-state index in [1.807, 2.05) is 42.3 Å². The van der Waals surface area contributed by atoms with Crippen molar-refractivity contribution in [1.29, 1.82) is 0 Å². The minimum Gasteiger partial charge on any atom is -0.334 e. The first-order chi connectivity index (χ1) is 14.1. The number of anilines is 1. The SMILES string of the molecule is Cc1cc(C)nc(N2C3CCC2CN(C(=O)c2cccnc2-c2nccs2)C3)n1. The van der Waals surface area contributed by atoms with Crippen LogP contribution < -0.4 is 4.90 Å². The number of thiazole rings is 1. The Morgan fingerprint density at radius 1 is 1.07 bits per heavy atom.